The van der Waals surface area contributed by atoms with E-state index in [1.54, 1.807) is 19.5 Å². The van der Waals surface area contributed by atoms with Crippen LogP contribution >= 0.6 is 0 Å². The lowest BCUT2D eigenvalue weighted by molar-refractivity contribution is -0.134. The van der Waals surface area contributed by atoms with E-state index in [9.17, 15) is 4.79 Å². The van der Waals surface area contributed by atoms with Gasteiger partial charge in [0.05, 0.1) is 17.1 Å². The highest BCUT2D eigenvalue weighted by Crippen LogP contribution is 2.28. The van der Waals surface area contributed by atoms with Gasteiger partial charge in [0.2, 0.25) is 5.91 Å². The van der Waals surface area contributed by atoms with Gasteiger partial charge < -0.3 is 9.64 Å². The van der Waals surface area contributed by atoms with E-state index in [2.05, 4.69) is 20.2 Å². The number of aromatic nitrogens is 4. The van der Waals surface area contributed by atoms with Crippen molar-refractivity contribution in [3.8, 4) is 11.3 Å². The maximum atomic E-state index is 11.9. The lowest BCUT2D eigenvalue weighted by Crippen LogP contribution is -2.31. The second kappa shape index (κ2) is 7.09. The lowest BCUT2D eigenvalue weighted by Gasteiger charge is -2.16. The zero-order chi connectivity index (χ0) is 17.1. The first-order chi connectivity index (χ1) is 11.6. The molecule has 1 aliphatic heterocycles. The number of H-pyrrole nitrogens is 1. The van der Waals surface area contributed by atoms with Crippen LogP contribution in [0.3, 0.4) is 0 Å². The molecule has 2 aromatic rings. The Morgan fingerprint density at radius 3 is 2.88 bits per heavy atom. The van der Waals surface area contributed by atoms with Crippen LogP contribution in [0, 0.1) is 19.8 Å². The molecule has 7 nitrogen and oxygen atoms in total. The first-order valence-electron chi connectivity index (χ1n) is 8.18. The number of aromatic amines is 1. The van der Waals surface area contributed by atoms with Crippen molar-refractivity contribution in [3.63, 3.8) is 0 Å². The third-order valence-corrected chi connectivity index (χ3v) is 4.53. The molecule has 1 saturated heterocycles. The Morgan fingerprint density at radius 1 is 1.38 bits per heavy atom. The number of nitrogens with zero attached hydrogens (tertiary/aromatic N) is 4. The van der Waals surface area contributed by atoms with Crippen molar-refractivity contribution >= 4 is 5.91 Å². The largest absolute Gasteiger partial charge is 0.375 e. The molecule has 2 aromatic heterocycles. The molecule has 1 N–H and O–H groups in total. The molecule has 1 unspecified atom stereocenters. The summed E-state index contributed by atoms with van der Waals surface area (Å²) in [6, 6.07) is 0. The minimum atomic E-state index is 0.0564. The van der Waals surface area contributed by atoms with Crippen molar-refractivity contribution in [1.29, 1.82) is 0 Å². The third-order valence-electron chi connectivity index (χ3n) is 4.53. The number of likely N-dealkylation sites (tertiary alicyclic amines) is 1. The van der Waals surface area contributed by atoms with E-state index in [1.165, 1.54) is 0 Å². The first kappa shape index (κ1) is 16.6. The molecule has 128 valence electrons. The summed E-state index contributed by atoms with van der Waals surface area (Å²) in [5.74, 6) is 0.453. The third kappa shape index (κ3) is 3.31. The zero-order valence-electron chi connectivity index (χ0n) is 14.4. The Balaban J connectivity index is 1.77. The van der Waals surface area contributed by atoms with E-state index in [4.69, 9.17) is 4.74 Å². The molecule has 0 saturated carbocycles. The molecular weight excluding hydrogens is 306 g/mol. The Labute approximate surface area is 141 Å². The lowest BCUT2D eigenvalue weighted by atomic mass is 9.98. The number of amides is 1. The second-order valence-electron chi connectivity index (χ2n) is 6.29. The topological polar surface area (TPSA) is 84.0 Å². The van der Waals surface area contributed by atoms with Gasteiger partial charge in [0.1, 0.15) is 6.61 Å². The highest BCUT2D eigenvalue weighted by molar-refractivity contribution is 5.77. The van der Waals surface area contributed by atoms with Gasteiger partial charge in [-0.25, -0.2) is 0 Å². The average Bonchev–Trinajstić information content (AvgIpc) is 3.16. The van der Waals surface area contributed by atoms with Crippen LogP contribution in [0.2, 0.25) is 0 Å². The van der Waals surface area contributed by atoms with Gasteiger partial charge in [-0.2, -0.15) is 5.10 Å². The van der Waals surface area contributed by atoms with Gasteiger partial charge in [0, 0.05) is 43.9 Å². The summed E-state index contributed by atoms with van der Waals surface area (Å²) < 4.78 is 4.94. The van der Waals surface area contributed by atoms with Crippen molar-refractivity contribution in [2.75, 3.05) is 26.8 Å². The molecule has 0 radical (unpaired) electrons. The number of ether oxygens (including phenoxy) is 1. The molecule has 1 fully saturated rings. The molecule has 24 heavy (non-hydrogen) atoms. The normalized spacial score (nSPS) is 17.5. The molecule has 1 atom stereocenters. The summed E-state index contributed by atoms with van der Waals surface area (Å²) in [4.78, 5) is 22.9. The monoisotopic (exact) mass is 329 g/mol. The Bertz CT molecular complexity index is 708. The highest BCUT2D eigenvalue weighted by atomic mass is 16.5. The van der Waals surface area contributed by atoms with Crippen LogP contribution < -0.4 is 0 Å². The van der Waals surface area contributed by atoms with Gasteiger partial charge >= 0.3 is 0 Å². The van der Waals surface area contributed by atoms with Crippen LogP contribution in [0.25, 0.3) is 11.3 Å². The molecule has 1 aliphatic rings. The number of carbonyl (C=O) groups excluding carboxylic acids is 1. The van der Waals surface area contributed by atoms with E-state index >= 15 is 0 Å². The molecule has 3 heterocycles. The van der Waals surface area contributed by atoms with E-state index in [0.29, 0.717) is 5.92 Å². The zero-order valence-corrected chi connectivity index (χ0v) is 14.4. The molecule has 0 bridgehead atoms. The van der Waals surface area contributed by atoms with Gasteiger partial charge in [0.25, 0.3) is 0 Å². The molecule has 7 heteroatoms. The SMILES string of the molecule is COCC(=O)N1CCC(Cc2nccnc2-c2c(C)n[nH]c2C)C1. The van der Waals surface area contributed by atoms with E-state index in [0.717, 1.165) is 54.3 Å². The summed E-state index contributed by atoms with van der Waals surface area (Å²) in [6.45, 7) is 5.65. The number of methoxy groups -OCH3 is 1. The van der Waals surface area contributed by atoms with Gasteiger partial charge in [-0.15, -0.1) is 0 Å². The van der Waals surface area contributed by atoms with E-state index < -0.39 is 0 Å². The number of hydrogen-bond acceptors (Lipinski definition) is 5. The van der Waals surface area contributed by atoms with Crippen molar-refractivity contribution in [1.82, 2.24) is 25.1 Å². The number of rotatable bonds is 5. The predicted octanol–water partition coefficient (Wildman–Crippen LogP) is 1.52. The van der Waals surface area contributed by atoms with E-state index in [-0.39, 0.29) is 12.5 Å². The average molecular weight is 329 g/mol. The van der Waals surface area contributed by atoms with E-state index in [1.807, 2.05) is 18.7 Å². The quantitative estimate of drug-likeness (QED) is 0.899. The minimum absolute atomic E-state index is 0.0564. The van der Waals surface area contributed by atoms with Crippen LogP contribution in [-0.4, -0.2) is 57.8 Å². The van der Waals surface area contributed by atoms with Crippen LogP contribution in [0.5, 0.6) is 0 Å². The number of aryl methyl sites for hydroxylation is 2. The molecule has 0 spiro atoms. The molecular formula is C17H23N5O2. The van der Waals surface area contributed by atoms with Gasteiger partial charge in [0.15, 0.2) is 0 Å². The molecule has 3 rings (SSSR count). The smallest absolute Gasteiger partial charge is 0.248 e. The fourth-order valence-corrected chi connectivity index (χ4v) is 3.34. The van der Waals surface area contributed by atoms with Crippen molar-refractivity contribution in [3.05, 3.63) is 29.5 Å². The van der Waals surface area contributed by atoms with Crippen molar-refractivity contribution in [2.24, 2.45) is 5.92 Å². The summed E-state index contributed by atoms with van der Waals surface area (Å²) in [5.41, 5.74) is 4.82. The minimum Gasteiger partial charge on any atom is -0.375 e. The number of hydrogen-bond donors (Lipinski definition) is 1. The summed E-state index contributed by atoms with van der Waals surface area (Å²) >= 11 is 0. The number of carbonyl (C=O) groups is 1. The summed E-state index contributed by atoms with van der Waals surface area (Å²) in [7, 11) is 1.55. The van der Waals surface area contributed by atoms with Crippen LogP contribution in [-0.2, 0) is 16.0 Å². The Kier molecular flexibility index (Phi) is 4.89. The van der Waals surface area contributed by atoms with Crippen LogP contribution in [0.1, 0.15) is 23.5 Å². The summed E-state index contributed by atoms with van der Waals surface area (Å²) in [6.07, 6.45) is 5.24. The maximum absolute atomic E-state index is 11.9. The van der Waals surface area contributed by atoms with Gasteiger partial charge in [-0.05, 0) is 32.6 Å². The summed E-state index contributed by atoms with van der Waals surface area (Å²) in [5, 5.41) is 7.27. The molecule has 0 aliphatic carbocycles. The van der Waals surface area contributed by atoms with Crippen molar-refractivity contribution < 1.29 is 9.53 Å². The molecule has 0 aromatic carbocycles. The molecule has 1 amide bonds. The first-order valence-corrected chi connectivity index (χ1v) is 8.18. The van der Waals surface area contributed by atoms with Gasteiger partial charge in [-0.1, -0.05) is 0 Å². The van der Waals surface area contributed by atoms with Gasteiger partial charge in [-0.3, -0.25) is 19.9 Å². The van der Waals surface area contributed by atoms with Crippen LogP contribution in [0.4, 0.5) is 0 Å². The Morgan fingerprint density at radius 2 is 2.17 bits per heavy atom. The second-order valence-corrected chi connectivity index (χ2v) is 6.29. The fraction of sp³-hybridized carbons (Fsp3) is 0.529. The Hall–Kier alpha value is -2.28. The maximum Gasteiger partial charge on any atom is 0.248 e. The fourth-order valence-electron chi connectivity index (χ4n) is 3.34. The standard InChI is InChI=1S/C17H23N5O2/c1-11-16(12(2)21-20-11)17-14(18-5-6-19-17)8-13-4-7-22(9-13)15(23)10-24-3/h5-6,13H,4,7-10H2,1-3H3,(H,20,21). The van der Waals surface area contributed by atoms with Crippen molar-refractivity contribution in [2.45, 2.75) is 26.7 Å². The predicted molar refractivity (Wildman–Crippen MR) is 89.4 cm³/mol. The van der Waals surface area contributed by atoms with Crippen LogP contribution in [0.15, 0.2) is 12.4 Å². The number of nitrogens with one attached hydrogen (secondary N) is 1. The highest BCUT2D eigenvalue weighted by Gasteiger charge is 2.28.